The fraction of sp³-hybridized carbons (Fsp3) is 0.375. The molecule has 0 spiro atoms. The third-order valence-electron chi connectivity index (χ3n) is 3.70. The molecule has 3 rings (SSSR count). The summed E-state index contributed by atoms with van der Waals surface area (Å²) in [5, 5.41) is 2.30. The van der Waals surface area contributed by atoms with Crippen LogP contribution in [-0.4, -0.2) is 30.6 Å². The van der Waals surface area contributed by atoms with Gasteiger partial charge in [0.15, 0.2) is 0 Å². The molecular formula is C16H15F2NO3S. The summed E-state index contributed by atoms with van der Waals surface area (Å²) in [7, 11) is 1.33. The van der Waals surface area contributed by atoms with Crippen LogP contribution in [0.3, 0.4) is 0 Å². The highest BCUT2D eigenvalue weighted by Crippen LogP contribution is 2.42. The average molecular weight is 339 g/mol. The molecule has 0 unspecified atom stereocenters. The lowest BCUT2D eigenvalue weighted by Crippen LogP contribution is -2.38. The number of hydrogen-bond donors (Lipinski definition) is 0. The number of alkyl halides is 2. The molecular weight excluding hydrogens is 324 g/mol. The summed E-state index contributed by atoms with van der Waals surface area (Å²) in [6, 6.07) is 6.88. The molecule has 7 heteroatoms. The van der Waals surface area contributed by atoms with E-state index in [-0.39, 0.29) is 25.4 Å². The van der Waals surface area contributed by atoms with Gasteiger partial charge in [0, 0.05) is 29.7 Å². The molecule has 0 N–H and O–H groups in total. The van der Waals surface area contributed by atoms with Crippen LogP contribution in [0.15, 0.2) is 29.6 Å². The first-order valence-electron chi connectivity index (χ1n) is 7.12. The Kier molecular flexibility index (Phi) is 4.30. The predicted octanol–water partition coefficient (Wildman–Crippen LogP) is 4.02. The molecule has 122 valence electrons. The van der Waals surface area contributed by atoms with E-state index in [0.29, 0.717) is 10.8 Å². The molecule has 0 radical (unpaired) electrons. The van der Waals surface area contributed by atoms with E-state index < -0.39 is 11.9 Å². The smallest absolute Gasteiger partial charge is 0.337 e. The lowest BCUT2D eigenvalue weighted by Gasteiger charge is -2.34. The van der Waals surface area contributed by atoms with Gasteiger partial charge in [-0.3, -0.25) is 0 Å². The molecule has 23 heavy (non-hydrogen) atoms. The van der Waals surface area contributed by atoms with Gasteiger partial charge in [0.25, 0.3) is 5.19 Å². The largest absolute Gasteiger partial charge is 0.470 e. The van der Waals surface area contributed by atoms with E-state index in [9.17, 15) is 13.6 Å². The molecule has 1 aliphatic carbocycles. The van der Waals surface area contributed by atoms with Crippen molar-refractivity contribution in [1.29, 1.82) is 0 Å². The number of thiazole rings is 1. The van der Waals surface area contributed by atoms with Crippen molar-refractivity contribution in [3.05, 3.63) is 35.2 Å². The fourth-order valence-corrected chi connectivity index (χ4v) is 3.13. The van der Waals surface area contributed by atoms with Gasteiger partial charge in [-0.2, -0.15) is 0 Å². The van der Waals surface area contributed by atoms with Gasteiger partial charge in [0.1, 0.15) is 0 Å². The standard InChI is InChI=1S/C16H15F2NO3S/c1-21-14(20)12-4-2-11(3-5-12)13-9-23-15(19-13)22-8-10-6-16(17,18)7-10/h2-5,9-10H,6-8H2,1H3. The number of aromatic nitrogens is 1. The summed E-state index contributed by atoms with van der Waals surface area (Å²) in [5.74, 6) is -3.02. The highest BCUT2D eigenvalue weighted by atomic mass is 32.1. The monoisotopic (exact) mass is 339 g/mol. The number of halogens is 2. The lowest BCUT2D eigenvalue weighted by molar-refractivity contribution is -0.119. The van der Waals surface area contributed by atoms with Gasteiger partial charge in [-0.25, -0.2) is 18.6 Å². The minimum absolute atomic E-state index is 0.100. The van der Waals surface area contributed by atoms with Crippen molar-refractivity contribution in [3.8, 4) is 16.5 Å². The number of carbonyl (C=O) groups is 1. The minimum atomic E-state index is -2.52. The van der Waals surface area contributed by atoms with Crippen LogP contribution in [0.25, 0.3) is 11.3 Å². The van der Waals surface area contributed by atoms with E-state index in [4.69, 9.17) is 4.74 Å². The Bertz CT molecular complexity index is 692. The van der Waals surface area contributed by atoms with Crippen molar-refractivity contribution in [2.45, 2.75) is 18.8 Å². The first-order chi connectivity index (χ1) is 11.0. The maximum Gasteiger partial charge on any atom is 0.337 e. The van der Waals surface area contributed by atoms with Crippen molar-refractivity contribution in [2.24, 2.45) is 5.92 Å². The zero-order valence-electron chi connectivity index (χ0n) is 12.4. The summed E-state index contributed by atoms with van der Waals surface area (Å²) >= 11 is 1.32. The molecule has 0 bridgehead atoms. The molecule has 0 atom stereocenters. The second-order valence-corrected chi connectivity index (χ2v) is 6.33. The number of nitrogens with zero attached hydrogens (tertiary/aromatic N) is 1. The van der Waals surface area contributed by atoms with Crippen LogP contribution >= 0.6 is 11.3 Å². The van der Waals surface area contributed by atoms with E-state index in [1.807, 2.05) is 5.38 Å². The Labute approximate surface area is 136 Å². The van der Waals surface area contributed by atoms with Gasteiger partial charge < -0.3 is 9.47 Å². The molecule has 1 heterocycles. The summed E-state index contributed by atoms with van der Waals surface area (Å²) in [5.41, 5.74) is 2.04. The number of methoxy groups -OCH3 is 1. The average Bonchev–Trinajstić information content (AvgIpc) is 2.99. The second-order valence-electron chi connectivity index (χ2n) is 5.51. The summed E-state index contributed by atoms with van der Waals surface area (Å²) < 4.78 is 35.6. The third-order valence-corrected chi connectivity index (χ3v) is 4.45. The van der Waals surface area contributed by atoms with Crippen LogP contribution < -0.4 is 4.74 Å². The van der Waals surface area contributed by atoms with Crippen LogP contribution in [0.5, 0.6) is 5.19 Å². The van der Waals surface area contributed by atoms with E-state index in [1.165, 1.54) is 18.4 Å². The predicted molar refractivity (Wildman–Crippen MR) is 82.1 cm³/mol. The number of ether oxygens (including phenoxy) is 2. The van der Waals surface area contributed by atoms with Gasteiger partial charge >= 0.3 is 5.97 Å². The maximum absolute atomic E-state index is 12.8. The highest BCUT2D eigenvalue weighted by Gasteiger charge is 2.45. The molecule has 1 aromatic carbocycles. The topological polar surface area (TPSA) is 48.4 Å². The number of carbonyl (C=O) groups excluding carboxylic acids is 1. The Hall–Kier alpha value is -2.02. The van der Waals surface area contributed by atoms with Crippen molar-refractivity contribution >= 4 is 17.3 Å². The zero-order chi connectivity index (χ0) is 16.4. The lowest BCUT2D eigenvalue weighted by atomic mass is 9.82. The van der Waals surface area contributed by atoms with Crippen LogP contribution in [0.4, 0.5) is 8.78 Å². The molecule has 1 aliphatic rings. The van der Waals surface area contributed by atoms with Crippen LogP contribution in [0, 0.1) is 5.92 Å². The van der Waals surface area contributed by atoms with Gasteiger partial charge in [-0.15, -0.1) is 0 Å². The Morgan fingerprint density at radius 1 is 1.35 bits per heavy atom. The fourth-order valence-electron chi connectivity index (χ4n) is 2.44. The maximum atomic E-state index is 12.8. The van der Waals surface area contributed by atoms with Crippen molar-refractivity contribution in [3.63, 3.8) is 0 Å². The van der Waals surface area contributed by atoms with Gasteiger partial charge in [-0.05, 0) is 12.1 Å². The summed E-state index contributed by atoms with van der Waals surface area (Å²) in [6.45, 7) is 0.268. The minimum Gasteiger partial charge on any atom is -0.470 e. The molecule has 1 aromatic heterocycles. The molecule has 2 aromatic rings. The van der Waals surface area contributed by atoms with Crippen molar-refractivity contribution < 1.29 is 23.0 Å². The SMILES string of the molecule is COC(=O)c1ccc(-c2csc(OCC3CC(F)(F)C3)n2)cc1. The third kappa shape index (κ3) is 3.67. The quantitative estimate of drug-likeness (QED) is 0.772. The van der Waals surface area contributed by atoms with Gasteiger partial charge in [0.05, 0.1) is 25.0 Å². The Morgan fingerprint density at radius 2 is 2.04 bits per heavy atom. The van der Waals surface area contributed by atoms with E-state index in [1.54, 1.807) is 24.3 Å². The number of hydrogen-bond acceptors (Lipinski definition) is 5. The molecule has 1 saturated carbocycles. The number of rotatable bonds is 5. The van der Waals surface area contributed by atoms with Crippen LogP contribution in [0.2, 0.25) is 0 Å². The zero-order valence-corrected chi connectivity index (χ0v) is 13.2. The van der Waals surface area contributed by atoms with E-state index in [2.05, 4.69) is 9.72 Å². The van der Waals surface area contributed by atoms with Gasteiger partial charge in [0.2, 0.25) is 5.92 Å². The summed E-state index contributed by atoms with van der Waals surface area (Å²) in [6.07, 6.45) is -0.222. The molecule has 1 fully saturated rings. The number of benzene rings is 1. The van der Waals surface area contributed by atoms with Crippen molar-refractivity contribution in [2.75, 3.05) is 13.7 Å². The molecule has 0 amide bonds. The molecule has 0 saturated heterocycles. The first kappa shape index (κ1) is 15.9. The highest BCUT2D eigenvalue weighted by molar-refractivity contribution is 7.11. The Balaban J connectivity index is 1.59. The molecule has 4 nitrogen and oxygen atoms in total. The van der Waals surface area contributed by atoms with E-state index >= 15 is 0 Å². The van der Waals surface area contributed by atoms with E-state index in [0.717, 1.165) is 11.3 Å². The molecule has 0 aliphatic heterocycles. The van der Waals surface area contributed by atoms with Gasteiger partial charge in [-0.1, -0.05) is 23.5 Å². The first-order valence-corrected chi connectivity index (χ1v) is 8.00. The summed E-state index contributed by atoms with van der Waals surface area (Å²) in [4.78, 5) is 15.7. The normalized spacial score (nSPS) is 16.7. The van der Waals surface area contributed by atoms with Crippen LogP contribution in [-0.2, 0) is 4.74 Å². The van der Waals surface area contributed by atoms with Crippen molar-refractivity contribution in [1.82, 2.24) is 4.98 Å². The number of esters is 1. The Morgan fingerprint density at radius 3 is 2.65 bits per heavy atom. The second kappa shape index (κ2) is 6.23. The van der Waals surface area contributed by atoms with Crippen LogP contribution in [0.1, 0.15) is 23.2 Å².